The van der Waals surface area contributed by atoms with Crippen LogP contribution in [0.5, 0.6) is 0 Å². The SMILES string of the molecule is COC(=O)CCNC(=O)CCc1ccc(-c2ccccc2F)o1. The van der Waals surface area contributed by atoms with E-state index >= 15 is 0 Å². The highest BCUT2D eigenvalue weighted by atomic mass is 19.1. The van der Waals surface area contributed by atoms with Crippen LogP contribution in [0.3, 0.4) is 0 Å². The average molecular weight is 319 g/mol. The van der Waals surface area contributed by atoms with Crippen molar-refractivity contribution in [1.29, 1.82) is 0 Å². The van der Waals surface area contributed by atoms with Crippen LogP contribution in [0.25, 0.3) is 11.3 Å². The van der Waals surface area contributed by atoms with E-state index in [-0.39, 0.29) is 37.1 Å². The number of amides is 1. The predicted octanol–water partition coefficient (Wildman–Crippen LogP) is 2.70. The van der Waals surface area contributed by atoms with Gasteiger partial charge in [0, 0.05) is 19.4 Å². The summed E-state index contributed by atoms with van der Waals surface area (Å²) in [6, 6.07) is 9.76. The molecule has 0 aliphatic heterocycles. The molecule has 1 aromatic carbocycles. The molecule has 0 saturated heterocycles. The Bertz CT molecular complexity index is 681. The molecule has 0 fully saturated rings. The monoisotopic (exact) mass is 319 g/mol. The summed E-state index contributed by atoms with van der Waals surface area (Å²) >= 11 is 0. The average Bonchev–Trinajstić information content (AvgIpc) is 3.02. The second-order valence-electron chi connectivity index (χ2n) is 4.92. The van der Waals surface area contributed by atoms with E-state index < -0.39 is 0 Å². The van der Waals surface area contributed by atoms with E-state index in [2.05, 4.69) is 10.1 Å². The number of halogens is 1. The Morgan fingerprint density at radius 2 is 1.96 bits per heavy atom. The van der Waals surface area contributed by atoms with Gasteiger partial charge in [-0.1, -0.05) is 12.1 Å². The van der Waals surface area contributed by atoms with Crippen LogP contribution >= 0.6 is 0 Å². The molecule has 1 N–H and O–H groups in total. The highest BCUT2D eigenvalue weighted by Gasteiger charge is 2.10. The smallest absolute Gasteiger partial charge is 0.307 e. The molecule has 122 valence electrons. The molecule has 0 bridgehead atoms. The van der Waals surface area contributed by atoms with Crippen LogP contribution in [0.4, 0.5) is 4.39 Å². The summed E-state index contributed by atoms with van der Waals surface area (Å²) in [4.78, 5) is 22.6. The Morgan fingerprint density at radius 1 is 1.17 bits per heavy atom. The minimum Gasteiger partial charge on any atom is -0.469 e. The summed E-state index contributed by atoms with van der Waals surface area (Å²) in [7, 11) is 1.30. The highest BCUT2D eigenvalue weighted by Crippen LogP contribution is 2.25. The van der Waals surface area contributed by atoms with Crippen LogP contribution in [-0.2, 0) is 20.7 Å². The van der Waals surface area contributed by atoms with E-state index in [1.54, 1.807) is 30.3 Å². The molecule has 1 aromatic heterocycles. The van der Waals surface area contributed by atoms with Gasteiger partial charge in [0.25, 0.3) is 0 Å². The van der Waals surface area contributed by atoms with Gasteiger partial charge in [0.15, 0.2) is 0 Å². The van der Waals surface area contributed by atoms with Gasteiger partial charge in [0.2, 0.25) is 5.91 Å². The molecule has 0 atom stereocenters. The van der Waals surface area contributed by atoms with Gasteiger partial charge >= 0.3 is 5.97 Å². The van der Waals surface area contributed by atoms with Crippen molar-refractivity contribution in [2.75, 3.05) is 13.7 Å². The number of hydrogen-bond donors (Lipinski definition) is 1. The molecule has 23 heavy (non-hydrogen) atoms. The predicted molar refractivity (Wildman–Crippen MR) is 82.1 cm³/mol. The second kappa shape index (κ2) is 8.12. The van der Waals surface area contributed by atoms with Crippen LogP contribution in [0.1, 0.15) is 18.6 Å². The summed E-state index contributed by atoms with van der Waals surface area (Å²) in [5.74, 6) is 0.133. The molecule has 0 aliphatic carbocycles. The van der Waals surface area contributed by atoms with Crippen LogP contribution in [0, 0.1) is 5.82 Å². The first-order valence-corrected chi connectivity index (χ1v) is 7.27. The van der Waals surface area contributed by atoms with Crippen molar-refractivity contribution in [1.82, 2.24) is 5.32 Å². The number of carbonyl (C=O) groups excluding carboxylic acids is 2. The third kappa shape index (κ3) is 4.95. The fourth-order valence-electron chi connectivity index (χ4n) is 2.05. The number of benzene rings is 1. The van der Waals surface area contributed by atoms with Gasteiger partial charge in [-0.3, -0.25) is 9.59 Å². The van der Waals surface area contributed by atoms with Crippen molar-refractivity contribution in [3.05, 3.63) is 48.0 Å². The Morgan fingerprint density at radius 3 is 2.70 bits per heavy atom. The molecule has 2 aromatic rings. The highest BCUT2D eigenvalue weighted by molar-refractivity contribution is 5.77. The molecule has 5 nitrogen and oxygen atoms in total. The fraction of sp³-hybridized carbons (Fsp3) is 0.294. The number of nitrogens with one attached hydrogen (secondary N) is 1. The molecular formula is C17H18FNO4. The number of aryl methyl sites for hydroxylation is 1. The molecule has 0 unspecified atom stereocenters. The third-order valence-electron chi connectivity index (χ3n) is 3.28. The van der Waals surface area contributed by atoms with E-state index in [0.29, 0.717) is 23.5 Å². The van der Waals surface area contributed by atoms with Gasteiger partial charge in [-0.25, -0.2) is 4.39 Å². The molecule has 0 aliphatic rings. The summed E-state index contributed by atoms with van der Waals surface area (Å²) in [5, 5.41) is 2.62. The third-order valence-corrected chi connectivity index (χ3v) is 3.28. The molecule has 1 amide bonds. The lowest BCUT2D eigenvalue weighted by Gasteiger charge is -2.03. The zero-order chi connectivity index (χ0) is 16.7. The van der Waals surface area contributed by atoms with E-state index in [9.17, 15) is 14.0 Å². The Balaban J connectivity index is 1.82. The molecule has 0 radical (unpaired) electrons. The fourth-order valence-corrected chi connectivity index (χ4v) is 2.05. The first-order valence-electron chi connectivity index (χ1n) is 7.27. The molecule has 1 heterocycles. The van der Waals surface area contributed by atoms with Crippen molar-refractivity contribution in [3.63, 3.8) is 0 Å². The minimum absolute atomic E-state index is 0.139. The first kappa shape index (κ1) is 16.7. The van der Waals surface area contributed by atoms with Gasteiger partial charge in [-0.2, -0.15) is 0 Å². The van der Waals surface area contributed by atoms with Crippen molar-refractivity contribution < 1.29 is 23.1 Å². The van der Waals surface area contributed by atoms with Gasteiger partial charge in [-0.15, -0.1) is 0 Å². The lowest BCUT2D eigenvalue weighted by molar-refractivity contribution is -0.140. The van der Waals surface area contributed by atoms with Crippen LogP contribution in [0.2, 0.25) is 0 Å². The number of carbonyl (C=O) groups is 2. The maximum absolute atomic E-state index is 13.7. The molecular weight excluding hydrogens is 301 g/mol. The van der Waals surface area contributed by atoms with Gasteiger partial charge < -0.3 is 14.5 Å². The number of furan rings is 1. The summed E-state index contributed by atoms with van der Waals surface area (Å²) in [6.45, 7) is 0.240. The van der Waals surface area contributed by atoms with Crippen LogP contribution in [-0.4, -0.2) is 25.5 Å². The summed E-state index contributed by atoms with van der Waals surface area (Å²) < 4.78 is 23.7. The Kier molecular flexibility index (Phi) is 5.91. The van der Waals surface area contributed by atoms with Crippen molar-refractivity contribution >= 4 is 11.9 Å². The van der Waals surface area contributed by atoms with Gasteiger partial charge in [0.1, 0.15) is 17.3 Å². The summed E-state index contributed by atoms with van der Waals surface area (Å²) in [5.41, 5.74) is 0.390. The van der Waals surface area contributed by atoms with E-state index in [1.807, 2.05) is 0 Å². The Hall–Kier alpha value is -2.63. The second-order valence-corrected chi connectivity index (χ2v) is 4.92. The van der Waals surface area contributed by atoms with Crippen molar-refractivity contribution in [3.8, 4) is 11.3 Å². The number of esters is 1. The number of rotatable bonds is 7. The van der Waals surface area contributed by atoms with Gasteiger partial charge in [0.05, 0.1) is 19.1 Å². The van der Waals surface area contributed by atoms with E-state index in [4.69, 9.17) is 4.42 Å². The maximum Gasteiger partial charge on any atom is 0.307 e. The molecule has 6 heteroatoms. The number of ether oxygens (including phenoxy) is 1. The molecule has 2 rings (SSSR count). The largest absolute Gasteiger partial charge is 0.469 e. The number of hydrogen-bond acceptors (Lipinski definition) is 4. The van der Waals surface area contributed by atoms with Crippen LogP contribution < -0.4 is 5.32 Å². The normalized spacial score (nSPS) is 10.3. The topological polar surface area (TPSA) is 68.5 Å². The minimum atomic E-state index is -0.370. The standard InChI is InChI=1S/C17H18FNO4/c1-22-17(21)10-11-19-16(20)9-7-12-6-8-15(23-12)13-4-2-3-5-14(13)18/h2-6,8H,7,9-11H2,1H3,(H,19,20). The Labute approximate surface area is 133 Å². The molecule has 0 spiro atoms. The van der Waals surface area contributed by atoms with Gasteiger partial charge in [-0.05, 0) is 24.3 Å². The van der Waals surface area contributed by atoms with Crippen molar-refractivity contribution in [2.45, 2.75) is 19.3 Å². The molecule has 0 saturated carbocycles. The zero-order valence-electron chi connectivity index (χ0n) is 12.8. The van der Waals surface area contributed by atoms with Crippen LogP contribution in [0.15, 0.2) is 40.8 Å². The quantitative estimate of drug-likeness (QED) is 0.797. The van der Waals surface area contributed by atoms with E-state index in [1.165, 1.54) is 13.2 Å². The number of methoxy groups -OCH3 is 1. The lowest BCUT2D eigenvalue weighted by atomic mass is 10.1. The van der Waals surface area contributed by atoms with E-state index in [0.717, 1.165) is 0 Å². The maximum atomic E-state index is 13.7. The first-order chi connectivity index (χ1) is 11.1. The lowest BCUT2D eigenvalue weighted by Crippen LogP contribution is -2.26. The van der Waals surface area contributed by atoms with Crippen molar-refractivity contribution in [2.24, 2.45) is 0 Å². The zero-order valence-corrected chi connectivity index (χ0v) is 12.8. The summed E-state index contributed by atoms with van der Waals surface area (Å²) in [6.07, 6.45) is 0.768.